The Balaban J connectivity index is 1.60. The second-order valence-corrected chi connectivity index (χ2v) is 5.73. The van der Waals surface area contributed by atoms with Gasteiger partial charge in [-0.15, -0.1) is 11.3 Å². The van der Waals surface area contributed by atoms with E-state index < -0.39 is 0 Å². The normalized spacial score (nSPS) is 10.8. The van der Waals surface area contributed by atoms with Crippen molar-refractivity contribution in [3.63, 3.8) is 0 Å². The summed E-state index contributed by atoms with van der Waals surface area (Å²) in [5.74, 6) is 0.883. The summed E-state index contributed by atoms with van der Waals surface area (Å²) < 4.78 is 5.02. The third-order valence-electron chi connectivity index (χ3n) is 3.31. The fourth-order valence-corrected chi connectivity index (χ4v) is 2.89. The largest absolute Gasteiger partial charge is 0.383 e. The second-order valence-electron chi connectivity index (χ2n) is 4.83. The molecule has 6 heteroatoms. The Labute approximate surface area is 133 Å². The van der Waals surface area contributed by atoms with Crippen LogP contribution in [0.2, 0.25) is 0 Å². The van der Waals surface area contributed by atoms with Crippen molar-refractivity contribution in [2.75, 3.05) is 30.9 Å². The maximum Gasteiger partial charge on any atom is 0.138 e. The van der Waals surface area contributed by atoms with E-state index in [0.29, 0.717) is 6.61 Å². The van der Waals surface area contributed by atoms with Crippen LogP contribution in [0.4, 0.5) is 11.5 Å². The number of hydrogen-bond donors (Lipinski definition) is 2. The predicted octanol–water partition coefficient (Wildman–Crippen LogP) is 3.36. The van der Waals surface area contributed by atoms with Crippen LogP contribution in [0.3, 0.4) is 0 Å². The summed E-state index contributed by atoms with van der Waals surface area (Å²) in [7, 11) is 1.70. The number of anilines is 2. The van der Waals surface area contributed by atoms with Crippen LogP contribution >= 0.6 is 11.3 Å². The summed E-state index contributed by atoms with van der Waals surface area (Å²) in [6, 6.07) is 10.4. The molecule has 0 aliphatic heterocycles. The molecule has 1 aromatic carbocycles. The molecule has 0 saturated carbocycles. The first-order valence-electron chi connectivity index (χ1n) is 7.10. The number of benzene rings is 1. The Morgan fingerprint density at radius 2 is 1.95 bits per heavy atom. The van der Waals surface area contributed by atoms with Gasteiger partial charge in [0.05, 0.1) is 12.0 Å². The topological polar surface area (TPSA) is 59.1 Å². The molecular weight excluding hydrogens is 296 g/mol. The number of aromatic nitrogens is 2. The minimum absolute atomic E-state index is 0.702. The summed E-state index contributed by atoms with van der Waals surface area (Å²) >= 11 is 1.62. The van der Waals surface area contributed by atoms with Crippen molar-refractivity contribution >= 4 is 33.1 Å². The maximum atomic E-state index is 5.02. The van der Waals surface area contributed by atoms with Crippen LogP contribution in [-0.2, 0) is 11.3 Å². The zero-order chi connectivity index (χ0) is 15.2. The summed E-state index contributed by atoms with van der Waals surface area (Å²) in [4.78, 5) is 9.58. The van der Waals surface area contributed by atoms with Gasteiger partial charge in [-0.2, -0.15) is 0 Å². The van der Waals surface area contributed by atoms with Crippen LogP contribution in [0.15, 0.2) is 42.0 Å². The lowest BCUT2D eigenvalue weighted by Crippen LogP contribution is -2.07. The van der Waals surface area contributed by atoms with Gasteiger partial charge in [-0.05, 0) is 29.1 Å². The van der Waals surface area contributed by atoms with Crippen LogP contribution < -0.4 is 10.6 Å². The Kier molecular flexibility index (Phi) is 4.82. The molecule has 5 nitrogen and oxygen atoms in total. The number of nitrogens with one attached hydrogen (secondary N) is 2. The number of hydrogen-bond acceptors (Lipinski definition) is 6. The van der Waals surface area contributed by atoms with E-state index >= 15 is 0 Å². The van der Waals surface area contributed by atoms with Crippen LogP contribution in [0.1, 0.15) is 5.56 Å². The van der Waals surface area contributed by atoms with Crippen molar-refractivity contribution in [2.45, 2.75) is 6.54 Å². The van der Waals surface area contributed by atoms with Gasteiger partial charge < -0.3 is 15.4 Å². The molecule has 0 fully saturated rings. The summed E-state index contributed by atoms with van der Waals surface area (Å²) in [6.07, 6.45) is 1.60. The highest BCUT2D eigenvalue weighted by Crippen LogP contribution is 2.24. The van der Waals surface area contributed by atoms with Crippen LogP contribution in [0.5, 0.6) is 0 Å². The van der Waals surface area contributed by atoms with E-state index in [2.05, 4.69) is 44.9 Å². The van der Waals surface area contributed by atoms with Crippen molar-refractivity contribution in [1.29, 1.82) is 0 Å². The zero-order valence-electron chi connectivity index (χ0n) is 12.4. The fourth-order valence-electron chi connectivity index (χ4n) is 2.15. The van der Waals surface area contributed by atoms with Gasteiger partial charge in [0.2, 0.25) is 0 Å². The number of fused-ring (bicyclic) bond motifs is 1. The number of ether oxygens (including phenoxy) is 1. The van der Waals surface area contributed by atoms with Crippen LogP contribution in [0.25, 0.3) is 10.2 Å². The minimum Gasteiger partial charge on any atom is -0.383 e. The van der Waals surface area contributed by atoms with E-state index in [4.69, 9.17) is 4.74 Å². The number of rotatable bonds is 7. The molecule has 0 atom stereocenters. The first-order valence-corrected chi connectivity index (χ1v) is 7.98. The lowest BCUT2D eigenvalue weighted by atomic mass is 10.2. The molecular formula is C16H18N4OS. The first-order chi connectivity index (χ1) is 10.9. The quantitative estimate of drug-likeness (QED) is 0.655. The van der Waals surface area contributed by atoms with Crippen molar-refractivity contribution in [3.05, 3.63) is 47.6 Å². The molecule has 0 unspecified atom stereocenters. The van der Waals surface area contributed by atoms with Crippen LogP contribution in [0, 0.1) is 0 Å². The van der Waals surface area contributed by atoms with E-state index in [1.165, 1.54) is 5.56 Å². The molecule has 0 spiro atoms. The van der Waals surface area contributed by atoms with E-state index in [1.54, 1.807) is 24.8 Å². The molecule has 2 heterocycles. The maximum absolute atomic E-state index is 5.02. The van der Waals surface area contributed by atoms with Crippen molar-refractivity contribution < 1.29 is 4.74 Å². The highest BCUT2D eigenvalue weighted by atomic mass is 32.1. The van der Waals surface area contributed by atoms with Crippen molar-refractivity contribution in [2.24, 2.45) is 0 Å². The van der Waals surface area contributed by atoms with Gasteiger partial charge in [0.15, 0.2) is 0 Å². The van der Waals surface area contributed by atoms with Gasteiger partial charge in [-0.1, -0.05) is 12.1 Å². The standard InChI is InChI=1S/C16H18N4OS/c1-21-8-7-17-13-4-2-12(3-5-13)10-18-15-14-6-9-22-16(14)20-11-19-15/h2-6,9,11,17H,7-8,10H2,1H3,(H,18,19,20). The Bertz CT molecular complexity index is 726. The lowest BCUT2D eigenvalue weighted by Gasteiger charge is -2.09. The van der Waals surface area contributed by atoms with Gasteiger partial charge in [-0.3, -0.25) is 0 Å². The van der Waals surface area contributed by atoms with Crippen LogP contribution in [-0.4, -0.2) is 30.2 Å². The van der Waals surface area contributed by atoms with E-state index in [9.17, 15) is 0 Å². The van der Waals surface area contributed by atoms with Gasteiger partial charge in [0, 0.05) is 25.9 Å². The summed E-state index contributed by atoms with van der Waals surface area (Å²) in [5, 5.41) is 9.79. The SMILES string of the molecule is COCCNc1ccc(CNc2ncnc3sccc23)cc1. The highest BCUT2D eigenvalue weighted by molar-refractivity contribution is 7.16. The number of thiophene rings is 1. The third-order valence-corrected chi connectivity index (χ3v) is 4.13. The van der Waals surface area contributed by atoms with E-state index in [0.717, 1.165) is 34.8 Å². The lowest BCUT2D eigenvalue weighted by molar-refractivity contribution is 0.211. The molecule has 0 saturated heterocycles. The molecule has 3 aromatic rings. The summed E-state index contributed by atoms with van der Waals surface area (Å²) in [6.45, 7) is 2.25. The van der Waals surface area contributed by atoms with Gasteiger partial charge in [0.25, 0.3) is 0 Å². The molecule has 114 valence electrons. The molecule has 0 bridgehead atoms. The third kappa shape index (κ3) is 3.52. The first kappa shape index (κ1) is 14.7. The predicted molar refractivity (Wildman–Crippen MR) is 91.5 cm³/mol. The van der Waals surface area contributed by atoms with E-state index in [-0.39, 0.29) is 0 Å². The van der Waals surface area contributed by atoms with Gasteiger partial charge in [0.1, 0.15) is 17.0 Å². The second kappa shape index (κ2) is 7.20. The monoisotopic (exact) mass is 314 g/mol. The average molecular weight is 314 g/mol. The molecule has 0 amide bonds. The fraction of sp³-hybridized carbons (Fsp3) is 0.250. The average Bonchev–Trinajstić information content (AvgIpc) is 3.03. The minimum atomic E-state index is 0.702. The van der Waals surface area contributed by atoms with Crippen molar-refractivity contribution in [3.8, 4) is 0 Å². The molecule has 0 radical (unpaired) electrons. The highest BCUT2D eigenvalue weighted by Gasteiger charge is 2.04. The molecule has 0 aliphatic carbocycles. The van der Waals surface area contributed by atoms with Gasteiger partial charge in [-0.25, -0.2) is 9.97 Å². The number of methoxy groups -OCH3 is 1. The summed E-state index contributed by atoms with van der Waals surface area (Å²) in [5.41, 5.74) is 2.31. The van der Waals surface area contributed by atoms with E-state index in [1.807, 2.05) is 11.4 Å². The molecule has 2 aromatic heterocycles. The Hall–Kier alpha value is -2.18. The number of nitrogens with zero attached hydrogens (tertiary/aromatic N) is 2. The molecule has 3 rings (SSSR count). The van der Waals surface area contributed by atoms with Crippen molar-refractivity contribution in [1.82, 2.24) is 9.97 Å². The Morgan fingerprint density at radius 1 is 1.09 bits per heavy atom. The molecule has 0 aliphatic rings. The smallest absolute Gasteiger partial charge is 0.138 e. The molecule has 2 N–H and O–H groups in total. The Morgan fingerprint density at radius 3 is 2.77 bits per heavy atom. The molecule has 22 heavy (non-hydrogen) atoms. The van der Waals surface area contributed by atoms with Gasteiger partial charge >= 0.3 is 0 Å². The zero-order valence-corrected chi connectivity index (χ0v) is 13.2.